The zero-order valence-electron chi connectivity index (χ0n) is 25.7. The van der Waals surface area contributed by atoms with Gasteiger partial charge in [-0.3, -0.25) is 10.3 Å². The van der Waals surface area contributed by atoms with Crippen molar-refractivity contribution in [2.45, 2.75) is 69.5 Å². The van der Waals surface area contributed by atoms with Crippen LogP contribution in [0.4, 0.5) is 20.7 Å². The zero-order valence-corrected chi connectivity index (χ0v) is 26.6. The predicted octanol–water partition coefficient (Wildman–Crippen LogP) is 6.16. The van der Waals surface area contributed by atoms with Crippen LogP contribution in [0.1, 0.15) is 51.5 Å². The molecule has 238 valence electrons. The van der Waals surface area contributed by atoms with Crippen molar-refractivity contribution in [1.29, 1.82) is 0 Å². The average molecular weight is 637 g/mol. The fourth-order valence-corrected chi connectivity index (χ4v) is 6.35. The third kappa shape index (κ3) is 7.67. The van der Waals surface area contributed by atoms with E-state index in [0.29, 0.717) is 30.3 Å². The van der Waals surface area contributed by atoms with Crippen molar-refractivity contribution in [2.24, 2.45) is 0 Å². The Morgan fingerprint density at radius 1 is 1.07 bits per heavy atom. The van der Waals surface area contributed by atoms with E-state index < -0.39 is 40.1 Å². The number of sulfonamides is 1. The Bertz CT molecular complexity index is 1770. The number of aryl methyl sites for hydroxylation is 1. The first kappa shape index (κ1) is 32.1. The summed E-state index contributed by atoms with van der Waals surface area (Å²) in [7, 11) is -3.80. The Labute approximate surface area is 262 Å². The summed E-state index contributed by atoms with van der Waals surface area (Å²) in [6.45, 7) is 9.92. The highest BCUT2D eigenvalue weighted by Gasteiger charge is 2.38. The van der Waals surface area contributed by atoms with Gasteiger partial charge in [0.1, 0.15) is 23.1 Å². The number of nitrogens with one attached hydrogen (secondary N) is 3. The maximum Gasteiger partial charge on any atom is 0.324 e. The molecule has 0 radical (unpaired) electrons. The van der Waals surface area contributed by atoms with Crippen molar-refractivity contribution in [2.75, 3.05) is 17.2 Å². The summed E-state index contributed by atoms with van der Waals surface area (Å²) in [5, 5.41) is 10.2. The Morgan fingerprint density at radius 2 is 1.80 bits per heavy atom. The summed E-state index contributed by atoms with van der Waals surface area (Å²) in [5.74, 6) is 0.464. The first-order valence-electron chi connectivity index (χ1n) is 14.6. The van der Waals surface area contributed by atoms with Gasteiger partial charge >= 0.3 is 6.03 Å². The van der Waals surface area contributed by atoms with Gasteiger partial charge in [-0.1, -0.05) is 39.0 Å². The molecule has 2 amide bonds. The smallest absolute Gasteiger partial charge is 0.324 e. The molecule has 13 heteroatoms. The maximum atomic E-state index is 15.0. The lowest BCUT2D eigenvalue weighted by atomic mass is 9.92. The number of carbonyl (C=O) groups excluding carboxylic acids is 1. The van der Waals surface area contributed by atoms with Crippen molar-refractivity contribution >= 4 is 27.6 Å². The van der Waals surface area contributed by atoms with Crippen LogP contribution in [0.15, 0.2) is 77.8 Å². The van der Waals surface area contributed by atoms with Gasteiger partial charge in [0, 0.05) is 48.2 Å². The van der Waals surface area contributed by atoms with E-state index in [1.165, 1.54) is 24.3 Å². The Kier molecular flexibility index (Phi) is 9.23. The van der Waals surface area contributed by atoms with E-state index in [2.05, 4.69) is 20.3 Å². The number of anilines is 2. The number of aromatic nitrogens is 3. The third-order valence-electron chi connectivity index (χ3n) is 7.34. The number of ether oxygens (including phenoxy) is 2. The quantitative estimate of drug-likeness (QED) is 0.200. The first-order valence-corrected chi connectivity index (χ1v) is 16.1. The van der Waals surface area contributed by atoms with E-state index in [9.17, 15) is 17.6 Å². The van der Waals surface area contributed by atoms with Crippen molar-refractivity contribution < 1.29 is 27.1 Å². The number of pyridine rings is 1. The molecule has 3 unspecified atom stereocenters. The fraction of sp³-hybridized carbons (Fsp3) is 0.344. The molecule has 1 fully saturated rings. The van der Waals surface area contributed by atoms with Crippen LogP contribution in [-0.4, -0.2) is 48.0 Å². The number of nitrogens with zero attached hydrogens (tertiary/aromatic N) is 3. The van der Waals surface area contributed by atoms with Crippen molar-refractivity contribution in [3.8, 4) is 11.5 Å². The van der Waals surface area contributed by atoms with Gasteiger partial charge in [-0.15, -0.1) is 0 Å². The van der Waals surface area contributed by atoms with Gasteiger partial charge < -0.3 is 14.8 Å². The number of urea groups is 1. The predicted molar refractivity (Wildman–Crippen MR) is 169 cm³/mol. The normalized spacial score (nSPS) is 17.6. The number of rotatable bonds is 9. The molecule has 0 aliphatic carbocycles. The molecule has 0 bridgehead atoms. The SMILES string of the molecule is Cc1cc(Oc2ccc(NC(=O)Nc3cc(C(C)(C)C)nn3C3CCOC3C(C)NS(=O)(=O)c3ccccc3)c(F)c2)ccn1. The zero-order chi connectivity index (χ0) is 32.4. The van der Waals surface area contributed by atoms with Gasteiger partial charge in [-0.25, -0.2) is 27.0 Å². The molecule has 1 aliphatic rings. The van der Waals surface area contributed by atoms with Crippen LogP contribution in [0, 0.1) is 12.7 Å². The van der Waals surface area contributed by atoms with Crippen LogP contribution in [0.2, 0.25) is 0 Å². The second-order valence-corrected chi connectivity index (χ2v) is 13.7. The van der Waals surface area contributed by atoms with Gasteiger partial charge in [0.2, 0.25) is 10.0 Å². The molecule has 1 saturated heterocycles. The molecule has 2 aromatic heterocycles. The molecular formula is C32H37FN6O5S. The van der Waals surface area contributed by atoms with Gasteiger partial charge in [0.25, 0.3) is 0 Å². The molecule has 2 aromatic carbocycles. The monoisotopic (exact) mass is 636 g/mol. The van der Waals surface area contributed by atoms with Crippen LogP contribution in [0.5, 0.6) is 11.5 Å². The number of halogens is 1. The number of hydrogen-bond acceptors (Lipinski definition) is 7. The van der Waals surface area contributed by atoms with Crippen molar-refractivity contribution in [3.63, 3.8) is 0 Å². The first-order chi connectivity index (χ1) is 21.3. The maximum absolute atomic E-state index is 15.0. The van der Waals surface area contributed by atoms with Crippen LogP contribution in [0.25, 0.3) is 0 Å². The highest BCUT2D eigenvalue weighted by atomic mass is 32.2. The molecule has 11 nitrogen and oxygen atoms in total. The summed E-state index contributed by atoms with van der Waals surface area (Å²) in [4.78, 5) is 17.4. The minimum absolute atomic E-state index is 0.0427. The van der Waals surface area contributed by atoms with Crippen LogP contribution >= 0.6 is 0 Å². The summed E-state index contributed by atoms with van der Waals surface area (Å²) in [5.41, 5.74) is 1.07. The molecule has 0 saturated carbocycles. The minimum atomic E-state index is -3.80. The number of hydrogen-bond donors (Lipinski definition) is 3. The Hall–Kier alpha value is -4.33. The average Bonchev–Trinajstić information content (AvgIpc) is 3.62. The van der Waals surface area contributed by atoms with E-state index in [4.69, 9.17) is 14.6 Å². The Morgan fingerprint density at radius 3 is 2.49 bits per heavy atom. The minimum Gasteiger partial charge on any atom is -0.457 e. The fourth-order valence-electron chi connectivity index (χ4n) is 5.08. The molecule has 4 aromatic rings. The lowest BCUT2D eigenvalue weighted by Crippen LogP contribution is -2.44. The standard InChI is InChI=1S/C32H37FN6O5S/c1-20-17-23(13-15-34-20)44-22-11-12-26(25(33)18-22)35-31(40)36-29-19-28(32(3,4)5)37-39(29)27-14-16-43-30(27)21(2)38-45(41,42)24-9-7-6-8-10-24/h6-13,15,17-19,21,27,30,38H,14,16H2,1-5H3,(H2,35,36,40). The van der Waals surface area contributed by atoms with Crippen LogP contribution in [-0.2, 0) is 20.2 Å². The molecule has 45 heavy (non-hydrogen) atoms. The summed E-state index contributed by atoms with van der Waals surface area (Å²) in [6, 6.07) is 15.7. The van der Waals surface area contributed by atoms with Crippen molar-refractivity contribution in [1.82, 2.24) is 19.5 Å². The van der Waals surface area contributed by atoms with Gasteiger partial charge in [-0.05, 0) is 50.6 Å². The topological polar surface area (TPSA) is 136 Å². The molecule has 3 atom stereocenters. The lowest BCUT2D eigenvalue weighted by Gasteiger charge is -2.27. The van der Waals surface area contributed by atoms with Crippen molar-refractivity contribution in [3.05, 3.63) is 90.1 Å². The van der Waals surface area contributed by atoms with Gasteiger partial charge in [0.05, 0.1) is 28.4 Å². The van der Waals surface area contributed by atoms with Gasteiger partial charge in [-0.2, -0.15) is 5.10 Å². The van der Waals surface area contributed by atoms with E-state index in [-0.39, 0.29) is 21.7 Å². The van der Waals surface area contributed by atoms with Crippen LogP contribution in [0.3, 0.4) is 0 Å². The van der Waals surface area contributed by atoms with E-state index in [0.717, 1.165) is 5.69 Å². The molecule has 1 aliphatic heterocycles. The summed E-state index contributed by atoms with van der Waals surface area (Å²) < 4.78 is 57.1. The van der Waals surface area contributed by atoms with E-state index >= 15 is 0 Å². The molecule has 0 spiro atoms. The summed E-state index contributed by atoms with van der Waals surface area (Å²) in [6.07, 6.45) is 1.56. The number of benzene rings is 2. The van der Waals surface area contributed by atoms with Crippen LogP contribution < -0.4 is 20.1 Å². The van der Waals surface area contributed by atoms with E-state index in [1.807, 2.05) is 27.7 Å². The molecule has 5 rings (SSSR count). The van der Waals surface area contributed by atoms with E-state index in [1.54, 1.807) is 60.3 Å². The summed E-state index contributed by atoms with van der Waals surface area (Å²) >= 11 is 0. The second kappa shape index (κ2) is 13.0. The highest BCUT2D eigenvalue weighted by molar-refractivity contribution is 7.89. The molecular weight excluding hydrogens is 599 g/mol. The molecule has 3 heterocycles. The Balaban J connectivity index is 1.33. The van der Waals surface area contributed by atoms with Gasteiger partial charge in [0.15, 0.2) is 0 Å². The number of carbonyl (C=O) groups is 1. The highest BCUT2D eigenvalue weighted by Crippen LogP contribution is 2.34. The number of amides is 2. The largest absolute Gasteiger partial charge is 0.457 e. The molecule has 3 N–H and O–H groups in total. The third-order valence-corrected chi connectivity index (χ3v) is 8.92. The second-order valence-electron chi connectivity index (χ2n) is 12.0. The lowest BCUT2D eigenvalue weighted by molar-refractivity contribution is 0.0693.